The summed E-state index contributed by atoms with van der Waals surface area (Å²) in [5.41, 5.74) is 2.39. The predicted octanol–water partition coefficient (Wildman–Crippen LogP) is 2.00. The van der Waals surface area contributed by atoms with Crippen molar-refractivity contribution in [3.63, 3.8) is 0 Å². The smallest absolute Gasteiger partial charge is 0.270 e. The standard InChI is InChI=1S/C18H26N4O3S/c1-13-11-16(17(23)19-9-7-14-5-3-2-4-6-14)22-18(20-13)21-15-8-10-26(24,25)12-15/h5,11,15H,2-4,6-10,12H2,1H3,(H,19,23)(H,20,21,22). The van der Waals surface area contributed by atoms with E-state index in [9.17, 15) is 13.2 Å². The number of aromatic nitrogens is 2. The topological polar surface area (TPSA) is 101 Å². The number of hydrogen-bond donors (Lipinski definition) is 2. The molecule has 2 heterocycles. The summed E-state index contributed by atoms with van der Waals surface area (Å²) < 4.78 is 23.1. The molecule has 0 aromatic carbocycles. The molecule has 1 saturated heterocycles. The van der Waals surface area contributed by atoms with Gasteiger partial charge in [-0.05, 0) is 51.5 Å². The molecule has 1 aliphatic heterocycles. The summed E-state index contributed by atoms with van der Waals surface area (Å²) in [5.74, 6) is 0.349. The van der Waals surface area contributed by atoms with Crippen LogP contribution in [0.3, 0.4) is 0 Å². The van der Waals surface area contributed by atoms with Crippen LogP contribution >= 0.6 is 0 Å². The van der Waals surface area contributed by atoms with E-state index in [0.29, 0.717) is 30.3 Å². The second-order valence-corrected chi connectivity index (χ2v) is 9.31. The predicted molar refractivity (Wildman–Crippen MR) is 101 cm³/mol. The fourth-order valence-corrected chi connectivity index (χ4v) is 5.07. The Morgan fingerprint density at radius 2 is 2.15 bits per heavy atom. The monoisotopic (exact) mass is 378 g/mol. The lowest BCUT2D eigenvalue weighted by molar-refractivity contribution is 0.0949. The summed E-state index contributed by atoms with van der Waals surface area (Å²) in [7, 11) is -2.98. The van der Waals surface area contributed by atoms with E-state index < -0.39 is 9.84 Å². The molecule has 1 atom stereocenters. The van der Waals surface area contributed by atoms with Crippen molar-refractivity contribution >= 4 is 21.7 Å². The molecule has 0 bridgehead atoms. The van der Waals surface area contributed by atoms with Gasteiger partial charge in [-0.25, -0.2) is 18.4 Å². The second kappa shape index (κ2) is 8.16. The molecule has 2 N–H and O–H groups in total. The first kappa shape index (κ1) is 18.8. The highest BCUT2D eigenvalue weighted by Gasteiger charge is 2.28. The summed E-state index contributed by atoms with van der Waals surface area (Å²) in [4.78, 5) is 20.9. The van der Waals surface area contributed by atoms with Gasteiger partial charge in [-0.15, -0.1) is 0 Å². The first-order valence-corrected chi connectivity index (χ1v) is 11.0. The normalized spacial score (nSPS) is 21.9. The molecule has 0 saturated carbocycles. The quantitative estimate of drug-likeness (QED) is 0.734. The number of nitrogens with zero attached hydrogens (tertiary/aromatic N) is 2. The molecule has 1 aromatic heterocycles. The third kappa shape index (κ3) is 5.27. The molecule has 1 aliphatic carbocycles. The lowest BCUT2D eigenvalue weighted by Crippen LogP contribution is -2.27. The summed E-state index contributed by atoms with van der Waals surface area (Å²) in [6.45, 7) is 2.39. The molecule has 8 heteroatoms. The van der Waals surface area contributed by atoms with Crippen LogP contribution in [0.15, 0.2) is 17.7 Å². The van der Waals surface area contributed by atoms with Crippen molar-refractivity contribution in [2.45, 2.75) is 51.5 Å². The Hall–Kier alpha value is -1.96. The molecule has 142 valence electrons. The summed E-state index contributed by atoms with van der Waals surface area (Å²) >= 11 is 0. The van der Waals surface area contributed by atoms with Crippen molar-refractivity contribution in [2.75, 3.05) is 23.4 Å². The largest absolute Gasteiger partial charge is 0.350 e. The van der Waals surface area contributed by atoms with Crippen LogP contribution in [0.1, 0.15) is 54.7 Å². The molecular formula is C18H26N4O3S. The molecule has 1 aromatic rings. The van der Waals surface area contributed by atoms with Gasteiger partial charge in [-0.2, -0.15) is 0 Å². The van der Waals surface area contributed by atoms with Crippen LogP contribution in [0.4, 0.5) is 5.95 Å². The Balaban J connectivity index is 1.57. The molecule has 0 spiro atoms. The maximum Gasteiger partial charge on any atom is 0.270 e. The number of sulfone groups is 1. The molecule has 0 radical (unpaired) electrons. The van der Waals surface area contributed by atoms with E-state index >= 15 is 0 Å². The lowest BCUT2D eigenvalue weighted by atomic mass is 9.97. The number of hydrogen-bond acceptors (Lipinski definition) is 6. The van der Waals surface area contributed by atoms with E-state index in [2.05, 4.69) is 26.7 Å². The van der Waals surface area contributed by atoms with Crippen molar-refractivity contribution in [3.05, 3.63) is 29.1 Å². The number of nitrogens with one attached hydrogen (secondary N) is 2. The van der Waals surface area contributed by atoms with E-state index in [4.69, 9.17) is 0 Å². The summed E-state index contributed by atoms with van der Waals surface area (Å²) in [6, 6.07) is 1.45. The van der Waals surface area contributed by atoms with Crippen LogP contribution in [0.5, 0.6) is 0 Å². The van der Waals surface area contributed by atoms with Crippen LogP contribution < -0.4 is 10.6 Å². The summed E-state index contributed by atoms with van der Waals surface area (Å²) in [6.07, 6.45) is 8.45. The van der Waals surface area contributed by atoms with Crippen LogP contribution in [0.25, 0.3) is 0 Å². The number of carbonyl (C=O) groups excluding carboxylic acids is 1. The maximum atomic E-state index is 12.4. The highest BCUT2D eigenvalue weighted by atomic mass is 32.2. The Bertz CT molecular complexity index is 805. The van der Waals surface area contributed by atoms with Gasteiger partial charge in [0.25, 0.3) is 5.91 Å². The highest BCUT2D eigenvalue weighted by Crippen LogP contribution is 2.19. The second-order valence-electron chi connectivity index (χ2n) is 7.08. The van der Waals surface area contributed by atoms with Crippen LogP contribution in [0.2, 0.25) is 0 Å². The zero-order chi connectivity index (χ0) is 18.6. The van der Waals surface area contributed by atoms with Crippen molar-refractivity contribution in [1.82, 2.24) is 15.3 Å². The van der Waals surface area contributed by atoms with E-state index in [1.807, 2.05) is 0 Å². The van der Waals surface area contributed by atoms with Crippen molar-refractivity contribution in [3.8, 4) is 0 Å². The minimum atomic E-state index is -2.98. The van der Waals surface area contributed by atoms with Crippen molar-refractivity contribution in [1.29, 1.82) is 0 Å². The molecule has 26 heavy (non-hydrogen) atoms. The van der Waals surface area contributed by atoms with Gasteiger partial charge in [0.05, 0.1) is 11.5 Å². The molecular weight excluding hydrogens is 352 g/mol. The highest BCUT2D eigenvalue weighted by molar-refractivity contribution is 7.91. The average Bonchev–Trinajstić information content (AvgIpc) is 2.93. The van der Waals surface area contributed by atoms with Crippen LogP contribution in [-0.4, -0.2) is 48.4 Å². The minimum Gasteiger partial charge on any atom is -0.350 e. The molecule has 2 aliphatic rings. The number of carbonyl (C=O) groups is 1. The number of aryl methyl sites for hydroxylation is 1. The average molecular weight is 378 g/mol. The lowest BCUT2D eigenvalue weighted by Gasteiger charge is -2.14. The van der Waals surface area contributed by atoms with Crippen molar-refractivity contribution < 1.29 is 13.2 Å². The Morgan fingerprint density at radius 3 is 2.85 bits per heavy atom. The van der Waals surface area contributed by atoms with Gasteiger partial charge in [0, 0.05) is 18.3 Å². The fourth-order valence-electron chi connectivity index (χ4n) is 3.40. The van der Waals surface area contributed by atoms with Crippen LogP contribution in [-0.2, 0) is 9.84 Å². The van der Waals surface area contributed by atoms with Gasteiger partial charge in [0.1, 0.15) is 5.69 Å². The van der Waals surface area contributed by atoms with Gasteiger partial charge in [-0.3, -0.25) is 4.79 Å². The van der Waals surface area contributed by atoms with Gasteiger partial charge in [-0.1, -0.05) is 11.6 Å². The molecule has 1 amide bonds. The number of anilines is 1. The maximum absolute atomic E-state index is 12.4. The SMILES string of the molecule is Cc1cc(C(=O)NCCC2=CCCCC2)nc(NC2CCS(=O)(=O)C2)n1. The fraction of sp³-hybridized carbons (Fsp3) is 0.611. The molecule has 3 rings (SSSR count). The third-order valence-electron chi connectivity index (χ3n) is 4.77. The Kier molecular flexibility index (Phi) is 5.90. The van der Waals surface area contributed by atoms with E-state index in [0.717, 1.165) is 19.3 Å². The Labute approximate surface area is 154 Å². The van der Waals surface area contributed by atoms with Crippen molar-refractivity contribution in [2.24, 2.45) is 0 Å². The van der Waals surface area contributed by atoms with Gasteiger partial charge >= 0.3 is 0 Å². The minimum absolute atomic E-state index is 0.0843. The molecule has 1 fully saturated rings. The number of rotatable bonds is 6. The summed E-state index contributed by atoms with van der Waals surface area (Å²) in [5, 5.41) is 5.96. The first-order chi connectivity index (χ1) is 12.4. The van der Waals surface area contributed by atoms with E-state index in [-0.39, 0.29) is 23.5 Å². The Morgan fingerprint density at radius 1 is 1.31 bits per heavy atom. The number of amides is 1. The van der Waals surface area contributed by atoms with E-state index in [1.54, 1.807) is 13.0 Å². The zero-order valence-corrected chi connectivity index (χ0v) is 15.9. The molecule has 7 nitrogen and oxygen atoms in total. The zero-order valence-electron chi connectivity index (χ0n) is 15.1. The first-order valence-electron chi connectivity index (χ1n) is 9.20. The van der Waals surface area contributed by atoms with Gasteiger partial charge < -0.3 is 10.6 Å². The van der Waals surface area contributed by atoms with Gasteiger partial charge in [0.2, 0.25) is 5.95 Å². The number of allylic oxidation sites excluding steroid dienone is 1. The van der Waals surface area contributed by atoms with Crippen LogP contribution in [0, 0.1) is 6.92 Å². The third-order valence-corrected chi connectivity index (χ3v) is 6.54. The molecule has 1 unspecified atom stereocenters. The van der Waals surface area contributed by atoms with E-state index in [1.165, 1.54) is 18.4 Å². The van der Waals surface area contributed by atoms with Gasteiger partial charge in [0.15, 0.2) is 9.84 Å².